The summed E-state index contributed by atoms with van der Waals surface area (Å²) in [5.41, 5.74) is 2.47. The van der Waals surface area contributed by atoms with Gasteiger partial charge in [-0.1, -0.05) is 31.5 Å². The first-order valence-electron chi connectivity index (χ1n) is 7.10. The Morgan fingerprint density at radius 1 is 1.32 bits per heavy atom. The van der Waals surface area contributed by atoms with Crippen LogP contribution in [0.15, 0.2) is 18.2 Å². The van der Waals surface area contributed by atoms with Crippen molar-refractivity contribution < 1.29 is 0 Å². The Morgan fingerprint density at radius 2 is 1.95 bits per heavy atom. The van der Waals surface area contributed by atoms with Crippen LogP contribution in [0.5, 0.6) is 0 Å². The maximum absolute atomic E-state index is 6.43. The fourth-order valence-electron chi connectivity index (χ4n) is 2.08. The Kier molecular flexibility index (Phi) is 5.69. The first kappa shape index (κ1) is 16.3. The Bertz CT molecular complexity index is 415. The van der Waals surface area contributed by atoms with Crippen molar-refractivity contribution in [3.63, 3.8) is 0 Å². The van der Waals surface area contributed by atoms with Gasteiger partial charge in [-0.2, -0.15) is 0 Å². The fraction of sp³-hybridized carbons (Fsp3) is 0.625. The zero-order valence-corrected chi connectivity index (χ0v) is 13.8. The van der Waals surface area contributed by atoms with Gasteiger partial charge in [-0.05, 0) is 51.4 Å². The van der Waals surface area contributed by atoms with Gasteiger partial charge in [-0.15, -0.1) is 0 Å². The molecular formula is C16H27ClN2. The van der Waals surface area contributed by atoms with Crippen molar-refractivity contribution in [2.24, 2.45) is 0 Å². The number of hydrogen-bond acceptors (Lipinski definition) is 2. The van der Waals surface area contributed by atoms with Gasteiger partial charge in [0.1, 0.15) is 0 Å². The van der Waals surface area contributed by atoms with E-state index < -0.39 is 0 Å². The summed E-state index contributed by atoms with van der Waals surface area (Å²) in [4.78, 5) is 2.29. The maximum Gasteiger partial charge on any atom is 0.0474 e. The van der Waals surface area contributed by atoms with Crippen molar-refractivity contribution in [1.29, 1.82) is 0 Å². The second kappa shape index (κ2) is 6.62. The molecule has 0 bridgehead atoms. The van der Waals surface area contributed by atoms with Crippen molar-refractivity contribution in [3.8, 4) is 0 Å². The van der Waals surface area contributed by atoms with E-state index in [0.29, 0.717) is 0 Å². The molecule has 0 aromatic heterocycles. The van der Waals surface area contributed by atoms with Crippen molar-refractivity contribution in [3.05, 3.63) is 28.8 Å². The Balaban J connectivity index is 3.00. The molecule has 3 heteroatoms. The number of anilines is 1. The third-order valence-electron chi connectivity index (χ3n) is 4.12. The summed E-state index contributed by atoms with van der Waals surface area (Å²) in [7, 11) is 2.13. The molecule has 0 aliphatic heterocycles. The molecule has 2 nitrogen and oxygen atoms in total. The van der Waals surface area contributed by atoms with Crippen molar-refractivity contribution in [1.82, 2.24) is 5.32 Å². The molecule has 0 aliphatic carbocycles. The van der Waals surface area contributed by atoms with Crippen LogP contribution in [0.4, 0.5) is 5.69 Å². The molecule has 0 amide bonds. The number of nitrogens with zero attached hydrogens (tertiary/aromatic N) is 1. The molecule has 1 N–H and O–H groups in total. The molecule has 1 aromatic rings. The van der Waals surface area contributed by atoms with Gasteiger partial charge in [0, 0.05) is 29.3 Å². The molecule has 0 radical (unpaired) electrons. The molecule has 0 aliphatic rings. The van der Waals surface area contributed by atoms with Crippen molar-refractivity contribution in [2.75, 3.05) is 18.5 Å². The Labute approximate surface area is 123 Å². The first-order chi connectivity index (χ1) is 8.83. The summed E-state index contributed by atoms with van der Waals surface area (Å²) >= 11 is 6.43. The molecule has 0 fully saturated rings. The number of rotatable bonds is 6. The highest BCUT2D eigenvalue weighted by Gasteiger charge is 2.22. The van der Waals surface area contributed by atoms with Crippen LogP contribution in [0.3, 0.4) is 0 Å². The summed E-state index contributed by atoms with van der Waals surface area (Å²) in [6.45, 7) is 11.9. The largest absolute Gasteiger partial charge is 0.369 e. The van der Waals surface area contributed by atoms with Gasteiger partial charge in [-0.25, -0.2) is 0 Å². The number of hydrogen-bond donors (Lipinski definition) is 1. The van der Waals surface area contributed by atoms with E-state index in [0.717, 1.165) is 23.6 Å². The van der Waals surface area contributed by atoms with Gasteiger partial charge in [0.05, 0.1) is 0 Å². The van der Waals surface area contributed by atoms with Gasteiger partial charge >= 0.3 is 0 Å². The number of nitrogens with one attached hydrogen (secondary N) is 1. The summed E-state index contributed by atoms with van der Waals surface area (Å²) in [5, 5.41) is 4.23. The summed E-state index contributed by atoms with van der Waals surface area (Å²) in [5.74, 6) is 0. The summed E-state index contributed by atoms with van der Waals surface area (Å²) < 4.78 is 0. The van der Waals surface area contributed by atoms with Crippen LogP contribution in [0, 0.1) is 0 Å². The molecule has 1 aromatic carbocycles. The van der Waals surface area contributed by atoms with E-state index in [-0.39, 0.29) is 11.6 Å². The van der Waals surface area contributed by atoms with Gasteiger partial charge in [0.15, 0.2) is 0 Å². The number of benzene rings is 1. The van der Waals surface area contributed by atoms with Gasteiger partial charge in [0.2, 0.25) is 0 Å². The average molecular weight is 283 g/mol. The monoisotopic (exact) mass is 282 g/mol. The lowest BCUT2D eigenvalue weighted by Gasteiger charge is -2.37. The molecular weight excluding hydrogens is 256 g/mol. The SMILES string of the molecule is CCNC(C)c1ccc(N(C)C(C)(C)CC)cc1Cl. The van der Waals surface area contributed by atoms with Crippen LogP contribution in [-0.4, -0.2) is 19.1 Å². The molecule has 19 heavy (non-hydrogen) atoms. The van der Waals surface area contributed by atoms with E-state index in [9.17, 15) is 0 Å². The highest BCUT2D eigenvalue weighted by molar-refractivity contribution is 6.31. The molecule has 0 heterocycles. The van der Waals surface area contributed by atoms with Crippen molar-refractivity contribution >= 4 is 17.3 Å². The zero-order chi connectivity index (χ0) is 14.6. The van der Waals surface area contributed by atoms with Crippen LogP contribution < -0.4 is 10.2 Å². The molecule has 0 saturated heterocycles. The molecule has 1 rings (SSSR count). The lowest BCUT2D eigenvalue weighted by atomic mass is 9.98. The summed E-state index contributed by atoms with van der Waals surface area (Å²) in [6.07, 6.45) is 1.09. The van der Waals surface area contributed by atoms with Crippen LogP contribution in [0.2, 0.25) is 5.02 Å². The van der Waals surface area contributed by atoms with E-state index in [1.807, 2.05) is 0 Å². The maximum atomic E-state index is 6.43. The molecule has 1 unspecified atom stereocenters. The molecule has 0 spiro atoms. The minimum atomic E-state index is 0.137. The fourth-order valence-corrected chi connectivity index (χ4v) is 2.42. The van der Waals surface area contributed by atoms with E-state index in [1.54, 1.807) is 0 Å². The normalized spacial score (nSPS) is 13.4. The van der Waals surface area contributed by atoms with E-state index in [4.69, 9.17) is 11.6 Å². The van der Waals surface area contributed by atoms with Gasteiger partial charge in [-0.3, -0.25) is 0 Å². The minimum Gasteiger partial charge on any atom is -0.369 e. The standard InChI is InChI=1S/C16H27ClN2/c1-7-16(4,5)19(6)13-9-10-14(15(17)11-13)12(3)18-8-2/h9-12,18H,7-8H2,1-6H3. The second-order valence-electron chi connectivity index (χ2n) is 5.71. The smallest absolute Gasteiger partial charge is 0.0474 e. The molecule has 1 atom stereocenters. The molecule has 0 saturated carbocycles. The van der Waals surface area contributed by atoms with Crippen LogP contribution in [0.25, 0.3) is 0 Å². The lowest BCUT2D eigenvalue weighted by molar-refractivity contribution is 0.470. The summed E-state index contributed by atoms with van der Waals surface area (Å²) in [6, 6.07) is 6.65. The topological polar surface area (TPSA) is 15.3 Å². The highest BCUT2D eigenvalue weighted by Crippen LogP contribution is 2.31. The van der Waals surface area contributed by atoms with Crippen molar-refractivity contribution in [2.45, 2.75) is 52.6 Å². The van der Waals surface area contributed by atoms with Gasteiger partial charge < -0.3 is 10.2 Å². The highest BCUT2D eigenvalue weighted by atomic mass is 35.5. The van der Waals surface area contributed by atoms with E-state index in [1.165, 1.54) is 5.69 Å². The Hall–Kier alpha value is -0.730. The second-order valence-corrected chi connectivity index (χ2v) is 6.12. The molecule has 108 valence electrons. The average Bonchev–Trinajstić information content (AvgIpc) is 2.37. The predicted octanol–water partition coefficient (Wildman–Crippen LogP) is 4.64. The van der Waals surface area contributed by atoms with Crippen LogP contribution in [0.1, 0.15) is 52.6 Å². The van der Waals surface area contributed by atoms with Crippen LogP contribution in [-0.2, 0) is 0 Å². The first-order valence-corrected chi connectivity index (χ1v) is 7.48. The van der Waals surface area contributed by atoms with E-state index >= 15 is 0 Å². The zero-order valence-electron chi connectivity index (χ0n) is 13.0. The van der Waals surface area contributed by atoms with Crippen LogP contribution >= 0.6 is 11.6 Å². The minimum absolute atomic E-state index is 0.137. The Morgan fingerprint density at radius 3 is 2.42 bits per heavy atom. The third kappa shape index (κ3) is 3.87. The number of halogens is 1. The quantitative estimate of drug-likeness (QED) is 0.818. The van der Waals surface area contributed by atoms with E-state index in [2.05, 4.69) is 70.1 Å². The lowest BCUT2D eigenvalue weighted by Crippen LogP contribution is -2.40. The predicted molar refractivity (Wildman–Crippen MR) is 86.3 cm³/mol. The van der Waals surface area contributed by atoms with Gasteiger partial charge in [0.25, 0.3) is 0 Å². The third-order valence-corrected chi connectivity index (χ3v) is 4.45.